The lowest BCUT2D eigenvalue weighted by Gasteiger charge is -2.19. The molecule has 1 saturated heterocycles. The number of benzene rings is 3. The van der Waals surface area contributed by atoms with Gasteiger partial charge < -0.3 is 37.9 Å². The maximum atomic E-state index is 12.8. The molecule has 240 valence electrons. The van der Waals surface area contributed by atoms with Gasteiger partial charge in [-0.1, -0.05) is 19.1 Å². The van der Waals surface area contributed by atoms with Gasteiger partial charge in [0.2, 0.25) is 12.5 Å². The van der Waals surface area contributed by atoms with Gasteiger partial charge >= 0.3 is 0 Å². The van der Waals surface area contributed by atoms with Gasteiger partial charge in [-0.2, -0.15) is 5.06 Å². The number of allylic oxidation sites excluding steroid dienone is 1. The first-order valence-electron chi connectivity index (χ1n) is 14.7. The van der Waals surface area contributed by atoms with Crippen molar-refractivity contribution < 1.29 is 47.9 Å². The minimum Gasteiger partial charge on any atom is -0.493 e. The van der Waals surface area contributed by atoms with Crippen LogP contribution in [0.25, 0.3) is 0 Å². The maximum Gasteiger partial charge on any atom is 0.281 e. The molecular weight excluding hydrogens is 582 g/mol. The molecule has 1 fully saturated rings. The Morgan fingerprint density at radius 3 is 2.29 bits per heavy atom. The minimum absolute atomic E-state index is 0.0767. The Bertz CT molecular complexity index is 1510. The zero-order valence-electron chi connectivity index (χ0n) is 26.2. The molecule has 0 aromatic heterocycles. The number of carbonyl (C=O) groups excluding carboxylic acids is 1. The fourth-order valence-electron chi connectivity index (χ4n) is 5.48. The van der Waals surface area contributed by atoms with Gasteiger partial charge in [0.05, 0.1) is 47.8 Å². The molecule has 45 heavy (non-hydrogen) atoms. The van der Waals surface area contributed by atoms with Crippen LogP contribution in [0.4, 0.5) is 0 Å². The summed E-state index contributed by atoms with van der Waals surface area (Å²) in [6, 6.07) is 12.7. The molecule has 0 aliphatic carbocycles. The molecule has 3 aromatic rings. The summed E-state index contributed by atoms with van der Waals surface area (Å²) in [4.78, 5) is 12.8. The van der Waals surface area contributed by atoms with Crippen molar-refractivity contribution in [2.24, 2.45) is 0 Å². The van der Waals surface area contributed by atoms with Gasteiger partial charge in [-0.15, -0.1) is 0 Å². The Labute approximate surface area is 262 Å². The van der Waals surface area contributed by atoms with Gasteiger partial charge in [0, 0.05) is 23.2 Å². The SMILES string of the molecule is CCCOc1c(CC=CN(O)C(=O)c2ccc3c(c2)OCO3)cc(C2COC(c3cc(OC)c(OC)c(OC)c3)C2)cc1OC. The predicted octanol–water partition coefficient (Wildman–Crippen LogP) is 6.07. The van der Waals surface area contributed by atoms with Crippen molar-refractivity contribution in [1.82, 2.24) is 5.06 Å². The molecular formula is C34H39NO10. The van der Waals surface area contributed by atoms with Crippen LogP contribution in [0.2, 0.25) is 0 Å². The van der Waals surface area contributed by atoms with Crippen molar-refractivity contribution in [3.63, 3.8) is 0 Å². The molecule has 11 heteroatoms. The van der Waals surface area contributed by atoms with Crippen LogP contribution in [0.5, 0.6) is 40.2 Å². The molecule has 2 heterocycles. The number of amides is 1. The highest BCUT2D eigenvalue weighted by molar-refractivity contribution is 5.94. The third-order valence-electron chi connectivity index (χ3n) is 7.76. The van der Waals surface area contributed by atoms with Gasteiger partial charge in [-0.25, -0.2) is 0 Å². The van der Waals surface area contributed by atoms with E-state index in [4.69, 9.17) is 37.9 Å². The molecule has 1 N–H and O–H groups in total. The van der Waals surface area contributed by atoms with Gasteiger partial charge in [0.15, 0.2) is 34.5 Å². The third-order valence-corrected chi connectivity index (χ3v) is 7.76. The topological polar surface area (TPSA) is 114 Å². The Balaban J connectivity index is 1.35. The summed E-state index contributed by atoms with van der Waals surface area (Å²) in [5, 5.41) is 11.1. The first-order valence-corrected chi connectivity index (χ1v) is 14.7. The quantitative estimate of drug-likeness (QED) is 0.178. The van der Waals surface area contributed by atoms with Crippen LogP contribution in [-0.4, -0.2) is 64.6 Å². The lowest BCUT2D eigenvalue weighted by Crippen LogP contribution is -2.21. The van der Waals surface area contributed by atoms with Gasteiger partial charge in [0.1, 0.15) is 0 Å². The number of hydrogen-bond donors (Lipinski definition) is 1. The predicted molar refractivity (Wildman–Crippen MR) is 164 cm³/mol. The summed E-state index contributed by atoms with van der Waals surface area (Å²) < 4.78 is 45.3. The molecule has 0 spiro atoms. The van der Waals surface area contributed by atoms with Gasteiger partial charge in [-0.05, 0) is 66.8 Å². The van der Waals surface area contributed by atoms with E-state index >= 15 is 0 Å². The lowest BCUT2D eigenvalue weighted by atomic mass is 9.91. The van der Waals surface area contributed by atoms with E-state index < -0.39 is 5.91 Å². The maximum absolute atomic E-state index is 12.8. The van der Waals surface area contributed by atoms with Crippen LogP contribution in [0.15, 0.2) is 54.7 Å². The second kappa shape index (κ2) is 14.4. The van der Waals surface area contributed by atoms with Crippen molar-refractivity contribution in [2.75, 3.05) is 48.4 Å². The summed E-state index contributed by atoms with van der Waals surface area (Å²) in [6.45, 7) is 3.14. The Morgan fingerprint density at radius 1 is 0.911 bits per heavy atom. The van der Waals surface area contributed by atoms with Crippen LogP contribution < -0.4 is 33.2 Å². The number of hydrogen-bond acceptors (Lipinski definition) is 10. The van der Waals surface area contributed by atoms with Crippen LogP contribution in [0.1, 0.15) is 58.8 Å². The number of carbonyl (C=O) groups is 1. The van der Waals surface area contributed by atoms with Crippen molar-refractivity contribution in [3.8, 4) is 40.2 Å². The second-order valence-corrected chi connectivity index (χ2v) is 10.6. The van der Waals surface area contributed by atoms with Crippen LogP contribution >= 0.6 is 0 Å². The molecule has 2 unspecified atom stereocenters. The summed E-state index contributed by atoms with van der Waals surface area (Å²) in [7, 11) is 6.37. The Morgan fingerprint density at radius 2 is 1.60 bits per heavy atom. The van der Waals surface area contributed by atoms with Crippen molar-refractivity contribution in [3.05, 3.63) is 77.0 Å². The smallest absolute Gasteiger partial charge is 0.281 e. The molecule has 3 aromatic carbocycles. The van der Waals surface area contributed by atoms with Crippen molar-refractivity contribution in [1.29, 1.82) is 0 Å². The van der Waals surface area contributed by atoms with Crippen LogP contribution in [0, 0.1) is 0 Å². The first kappa shape index (κ1) is 31.8. The Hall–Kier alpha value is -4.61. The van der Waals surface area contributed by atoms with E-state index in [9.17, 15) is 10.0 Å². The number of nitrogens with zero attached hydrogens (tertiary/aromatic N) is 1. The number of fused-ring (bicyclic) bond motifs is 1. The van der Waals surface area contributed by atoms with Crippen LogP contribution in [0.3, 0.4) is 0 Å². The summed E-state index contributed by atoms with van der Waals surface area (Å²) in [6.07, 6.45) is 4.76. The number of rotatable bonds is 13. The molecule has 2 aliphatic heterocycles. The highest BCUT2D eigenvalue weighted by Gasteiger charge is 2.31. The molecule has 0 radical (unpaired) electrons. The molecule has 11 nitrogen and oxygen atoms in total. The van der Waals surface area contributed by atoms with E-state index in [0.29, 0.717) is 64.9 Å². The second-order valence-electron chi connectivity index (χ2n) is 10.6. The normalized spacial score (nSPS) is 16.9. The van der Waals surface area contributed by atoms with E-state index in [1.165, 1.54) is 6.20 Å². The molecule has 2 aliphatic rings. The first-order chi connectivity index (χ1) is 21.9. The number of methoxy groups -OCH3 is 4. The third kappa shape index (κ3) is 6.89. The average Bonchev–Trinajstić information content (AvgIpc) is 3.76. The lowest BCUT2D eigenvalue weighted by molar-refractivity contribution is -0.0204. The van der Waals surface area contributed by atoms with Gasteiger partial charge in [0.25, 0.3) is 5.91 Å². The fourth-order valence-corrected chi connectivity index (χ4v) is 5.48. The highest BCUT2D eigenvalue weighted by Crippen LogP contribution is 2.46. The summed E-state index contributed by atoms with van der Waals surface area (Å²) >= 11 is 0. The zero-order valence-corrected chi connectivity index (χ0v) is 26.2. The average molecular weight is 622 g/mol. The standard InChI is InChI=1S/C34H39NO10/c1-6-12-42-32-21(8-7-11-35(37)34(36)22-9-10-26-28(14-22)45-20-44-26)13-23(15-29(32)38-2)25-18-27(43-19-25)24-16-30(39-3)33(41-5)31(17-24)40-4/h7,9-11,13-17,25,27,37H,6,8,12,18-20H2,1-5H3. The number of ether oxygens (including phenoxy) is 8. The molecule has 5 rings (SSSR count). The van der Waals surface area contributed by atoms with E-state index in [2.05, 4.69) is 6.07 Å². The minimum atomic E-state index is -0.598. The molecule has 1 amide bonds. The molecule has 2 atom stereocenters. The van der Waals surface area contributed by atoms with Crippen molar-refractivity contribution in [2.45, 2.75) is 38.2 Å². The van der Waals surface area contributed by atoms with Crippen LogP contribution in [-0.2, 0) is 11.2 Å². The van der Waals surface area contributed by atoms with Gasteiger partial charge in [-0.3, -0.25) is 10.0 Å². The summed E-state index contributed by atoms with van der Waals surface area (Å²) in [5.74, 6) is 3.40. The molecule has 0 bridgehead atoms. The Kier molecular flexibility index (Phi) is 10.2. The van der Waals surface area contributed by atoms with E-state index in [1.54, 1.807) is 52.7 Å². The largest absolute Gasteiger partial charge is 0.493 e. The van der Waals surface area contributed by atoms with E-state index in [0.717, 1.165) is 29.5 Å². The highest BCUT2D eigenvalue weighted by atomic mass is 16.7. The monoisotopic (exact) mass is 621 g/mol. The summed E-state index contributed by atoms with van der Waals surface area (Å²) in [5.41, 5.74) is 3.09. The van der Waals surface area contributed by atoms with Crippen molar-refractivity contribution >= 4 is 5.91 Å². The fraction of sp³-hybridized carbons (Fsp3) is 0.382. The zero-order chi connectivity index (χ0) is 31.9. The number of hydroxylamine groups is 2. The van der Waals surface area contributed by atoms with E-state index in [1.807, 2.05) is 25.1 Å². The van der Waals surface area contributed by atoms with E-state index in [-0.39, 0.29) is 24.4 Å². The molecule has 0 saturated carbocycles.